The van der Waals surface area contributed by atoms with Gasteiger partial charge in [-0.3, -0.25) is 4.57 Å². The van der Waals surface area contributed by atoms with E-state index in [1.165, 1.54) is 19.1 Å². The van der Waals surface area contributed by atoms with Gasteiger partial charge in [-0.2, -0.15) is 0 Å². The van der Waals surface area contributed by atoms with Crippen molar-refractivity contribution in [3.63, 3.8) is 0 Å². The topological polar surface area (TPSA) is 82.1 Å². The molecule has 0 bridgehead atoms. The van der Waals surface area contributed by atoms with Crippen LogP contribution < -0.4 is 0 Å². The number of carbonyl (C=O) groups excluding carboxylic acids is 1. The van der Waals surface area contributed by atoms with E-state index in [1.807, 2.05) is 0 Å². The molecule has 0 unspecified atom stereocenters. The lowest BCUT2D eigenvalue weighted by Crippen LogP contribution is -2.40. The van der Waals surface area contributed by atoms with Crippen LogP contribution >= 0.6 is 7.60 Å². The maximum Gasteiger partial charge on any atom is 0.365 e. The number of hydrogen-bond donors (Lipinski definition) is 1. The van der Waals surface area contributed by atoms with Crippen molar-refractivity contribution in [2.75, 3.05) is 13.2 Å². The van der Waals surface area contributed by atoms with Gasteiger partial charge in [0.25, 0.3) is 0 Å². The van der Waals surface area contributed by atoms with E-state index in [0.29, 0.717) is 0 Å². The van der Waals surface area contributed by atoms with Crippen molar-refractivity contribution in [2.24, 2.45) is 0 Å². The lowest BCUT2D eigenvalue weighted by Gasteiger charge is -2.33. The van der Waals surface area contributed by atoms with Gasteiger partial charge >= 0.3 is 13.6 Å². The second-order valence-electron chi connectivity index (χ2n) is 3.64. The summed E-state index contributed by atoms with van der Waals surface area (Å²) < 4.78 is 27.3. The molecular weight excluding hydrogens is 247 g/mol. The SMILES string of the molecule is CCOP(=O)(OCC)[C@@](C)(O)[C@H]1C=CC(=O)O1. The van der Waals surface area contributed by atoms with Crippen LogP contribution in [0.5, 0.6) is 0 Å². The molecule has 1 heterocycles. The highest BCUT2D eigenvalue weighted by Gasteiger charge is 2.53. The number of aliphatic hydroxyl groups is 1. The molecule has 6 nitrogen and oxygen atoms in total. The van der Waals surface area contributed by atoms with Gasteiger partial charge in [0.1, 0.15) is 0 Å². The number of hydrogen-bond acceptors (Lipinski definition) is 6. The van der Waals surface area contributed by atoms with E-state index in [0.717, 1.165) is 0 Å². The van der Waals surface area contributed by atoms with E-state index in [2.05, 4.69) is 0 Å². The molecule has 1 rings (SSSR count). The molecule has 0 radical (unpaired) electrons. The molecule has 0 aromatic rings. The predicted molar refractivity (Wildman–Crippen MR) is 60.5 cm³/mol. The Labute approximate surface area is 100 Å². The minimum atomic E-state index is -3.77. The van der Waals surface area contributed by atoms with Gasteiger partial charge in [-0.15, -0.1) is 0 Å². The Balaban J connectivity index is 2.95. The van der Waals surface area contributed by atoms with Crippen LogP contribution in [0.1, 0.15) is 20.8 Å². The van der Waals surface area contributed by atoms with Crippen LogP contribution in [-0.4, -0.2) is 35.7 Å². The Morgan fingerprint density at radius 1 is 1.47 bits per heavy atom. The molecule has 98 valence electrons. The standard InChI is InChI=1S/C10H17O6P/c1-4-14-17(13,15-5-2)10(3,12)8-6-7-9(11)16-8/h6-8,12H,4-5H2,1-3H3/t8-,10-/m1/s1. The predicted octanol–water partition coefficient (Wildman–Crippen LogP) is 1.44. The van der Waals surface area contributed by atoms with Gasteiger partial charge in [0.15, 0.2) is 6.10 Å². The first-order valence-electron chi connectivity index (χ1n) is 5.37. The second kappa shape index (κ2) is 5.31. The highest BCUT2D eigenvalue weighted by molar-refractivity contribution is 7.55. The molecule has 0 spiro atoms. The number of rotatable bonds is 6. The van der Waals surface area contributed by atoms with Crippen molar-refractivity contribution in [3.05, 3.63) is 12.2 Å². The molecule has 1 aliphatic rings. The Morgan fingerprint density at radius 2 is 2.00 bits per heavy atom. The van der Waals surface area contributed by atoms with Gasteiger partial charge in [0.2, 0.25) is 5.34 Å². The molecule has 0 saturated carbocycles. The first kappa shape index (κ1) is 14.4. The summed E-state index contributed by atoms with van der Waals surface area (Å²) in [6.07, 6.45) is 1.48. The average Bonchev–Trinajstić information content (AvgIpc) is 2.66. The van der Waals surface area contributed by atoms with Gasteiger partial charge in [0, 0.05) is 6.08 Å². The maximum absolute atomic E-state index is 12.4. The molecule has 2 atom stereocenters. The van der Waals surface area contributed by atoms with Crippen molar-refractivity contribution < 1.29 is 28.3 Å². The maximum atomic E-state index is 12.4. The molecule has 0 fully saturated rings. The van der Waals surface area contributed by atoms with Crippen LogP contribution in [0.3, 0.4) is 0 Å². The highest BCUT2D eigenvalue weighted by atomic mass is 31.2. The molecule has 0 aromatic heterocycles. The van der Waals surface area contributed by atoms with Crippen LogP contribution in [-0.2, 0) is 23.1 Å². The van der Waals surface area contributed by atoms with Crippen molar-refractivity contribution in [3.8, 4) is 0 Å². The van der Waals surface area contributed by atoms with Crippen molar-refractivity contribution in [1.29, 1.82) is 0 Å². The molecule has 0 aromatic carbocycles. The molecule has 0 aliphatic carbocycles. The highest BCUT2D eigenvalue weighted by Crippen LogP contribution is 2.60. The molecule has 0 saturated heterocycles. The molecule has 1 aliphatic heterocycles. The Morgan fingerprint density at radius 3 is 2.35 bits per heavy atom. The summed E-state index contributed by atoms with van der Waals surface area (Å²) in [7, 11) is -3.77. The summed E-state index contributed by atoms with van der Waals surface area (Å²) in [6.45, 7) is 4.79. The second-order valence-corrected chi connectivity index (χ2v) is 6.06. The van der Waals surface area contributed by atoms with Crippen LogP contribution in [0.15, 0.2) is 12.2 Å². The summed E-state index contributed by atoms with van der Waals surface area (Å²) in [5.74, 6) is -0.588. The summed E-state index contributed by atoms with van der Waals surface area (Å²) in [5, 5.41) is 8.37. The molecular formula is C10H17O6P. The van der Waals surface area contributed by atoms with Gasteiger partial charge in [-0.05, 0) is 26.8 Å². The van der Waals surface area contributed by atoms with Crippen molar-refractivity contribution in [2.45, 2.75) is 32.2 Å². The quantitative estimate of drug-likeness (QED) is 0.577. The van der Waals surface area contributed by atoms with Crippen molar-refractivity contribution >= 4 is 13.6 Å². The fourth-order valence-corrected chi connectivity index (χ4v) is 3.19. The first-order chi connectivity index (χ1) is 7.87. The monoisotopic (exact) mass is 264 g/mol. The summed E-state index contributed by atoms with van der Waals surface area (Å²) >= 11 is 0. The zero-order chi connectivity index (χ0) is 13.1. The normalized spacial score (nSPS) is 23.5. The van der Waals surface area contributed by atoms with E-state index in [-0.39, 0.29) is 13.2 Å². The molecule has 17 heavy (non-hydrogen) atoms. The van der Waals surface area contributed by atoms with E-state index in [1.54, 1.807) is 13.8 Å². The summed E-state index contributed by atoms with van der Waals surface area (Å²) in [6, 6.07) is 0. The largest absolute Gasteiger partial charge is 0.451 e. The third kappa shape index (κ3) is 2.77. The number of cyclic esters (lactones) is 1. The Hall–Kier alpha value is -0.680. The van der Waals surface area contributed by atoms with E-state index in [4.69, 9.17) is 13.8 Å². The number of ether oxygens (including phenoxy) is 1. The summed E-state index contributed by atoms with van der Waals surface area (Å²) in [5.41, 5.74) is 0. The van der Waals surface area contributed by atoms with Gasteiger partial charge in [-0.25, -0.2) is 4.79 Å². The van der Waals surface area contributed by atoms with Crippen molar-refractivity contribution in [1.82, 2.24) is 0 Å². The zero-order valence-corrected chi connectivity index (χ0v) is 11.0. The smallest absolute Gasteiger partial charge is 0.365 e. The third-order valence-electron chi connectivity index (χ3n) is 2.34. The van der Waals surface area contributed by atoms with Gasteiger partial charge < -0.3 is 18.9 Å². The van der Waals surface area contributed by atoms with Crippen LogP contribution in [0.25, 0.3) is 0 Å². The lowest BCUT2D eigenvalue weighted by molar-refractivity contribution is -0.144. The molecule has 1 N–H and O–H groups in total. The van der Waals surface area contributed by atoms with Crippen LogP contribution in [0.2, 0.25) is 0 Å². The first-order valence-corrected chi connectivity index (χ1v) is 6.92. The minimum absolute atomic E-state index is 0.123. The van der Waals surface area contributed by atoms with Crippen LogP contribution in [0, 0.1) is 0 Å². The molecule has 7 heteroatoms. The summed E-state index contributed by atoms with van der Waals surface area (Å²) in [4.78, 5) is 11.0. The van der Waals surface area contributed by atoms with E-state index in [9.17, 15) is 14.5 Å². The zero-order valence-electron chi connectivity index (χ0n) is 10.1. The number of esters is 1. The number of carbonyl (C=O) groups is 1. The Bertz CT molecular complexity index is 352. The Kier molecular flexibility index (Phi) is 4.49. The lowest BCUT2D eigenvalue weighted by atomic mass is 10.2. The van der Waals surface area contributed by atoms with Gasteiger partial charge in [-0.1, -0.05) is 0 Å². The third-order valence-corrected chi connectivity index (χ3v) is 4.90. The van der Waals surface area contributed by atoms with E-state index < -0.39 is 25.0 Å². The van der Waals surface area contributed by atoms with E-state index >= 15 is 0 Å². The fraction of sp³-hybridized carbons (Fsp3) is 0.700. The minimum Gasteiger partial charge on any atom is -0.451 e. The fourth-order valence-electron chi connectivity index (χ4n) is 1.46. The van der Waals surface area contributed by atoms with Crippen LogP contribution in [0.4, 0.5) is 0 Å². The average molecular weight is 264 g/mol. The van der Waals surface area contributed by atoms with Gasteiger partial charge in [0.05, 0.1) is 13.2 Å². The molecule has 0 amide bonds.